The molecule has 0 heterocycles. The number of allylic oxidation sites excluding steroid dienone is 1. The fraction of sp³-hybridized carbons (Fsp3) is 0.429. The minimum Gasteiger partial charge on any atom is -0.378 e. The molecule has 1 aromatic carbocycles. The molecular weight excluding hydrogens is 182 g/mol. The molecule has 0 unspecified atom stereocenters. The zero-order valence-corrected chi connectivity index (χ0v) is 10.0. The summed E-state index contributed by atoms with van der Waals surface area (Å²) in [6.45, 7) is 2.22. The molecule has 0 saturated carbocycles. The molecule has 0 aromatic heterocycles. The molecule has 0 saturated heterocycles. The predicted octanol–water partition coefficient (Wildman–Crippen LogP) is 3.96. The number of hydrogen-bond donors (Lipinski definition) is 0. The number of anilines is 1. The normalized spacial score (nSPS) is 10.9. The van der Waals surface area contributed by atoms with Crippen molar-refractivity contribution < 1.29 is 0 Å². The second kappa shape index (κ2) is 6.28. The lowest BCUT2D eigenvalue weighted by Crippen LogP contribution is -2.07. The third kappa shape index (κ3) is 4.20. The van der Waals surface area contributed by atoms with E-state index in [1.54, 1.807) is 0 Å². The predicted molar refractivity (Wildman–Crippen MR) is 69.3 cm³/mol. The Morgan fingerprint density at radius 1 is 1.13 bits per heavy atom. The standard InChI is InChI=1S/C14H21N/c1-4-5-6-7-8-13-9-11-14(12-10-13)15(2)3/h7-12H,4-6H2,1-3H3/b8-7+. The molecule has 0 spiro atoms. The van der Waals surface area contributed by atoms with Gasteiger partial charge in [0.1, 0.15) is 0 Å². The Hall–Kier alpha value is -1.24. The number of hydrogen-bond acceptors (Lipinski definition) is 1. The quantitative estimate of drug-likeness (QED) is 0.655. The summed E-state index contributed by atoms with van der Waals surface area (Å²) >= 11 is 0. The van der Waals surface area contributed by atoms with Gasteiger partial charge in [-0.1, -0.05) is 44.1 Å². The topological polar surface area (TPSA) is 3.24 Å². The van der Waals surface area contributed by atoms with Crippen molar-refractivity contribution in [2.24, 2.45) is 0 Å². The number of nitrogens with zero attached hydrogens (tertiary/aromatic N) is 1. The maximum atomic E-state index is 2.26. The molecular formula is C14H21N. The van der Waals surface area contributed by atoms with Crippen molar-refractivity contribution in [1.29, 1.82) is 0 Å². The third-order valence-electron chi connectivity index (χ3n) is 2.44. The molecule has 0 aliphatic heterocycles. The summed E-state index contributed by atoms with van der Waals surface area (Å²) in [4.78, 5) is 2.12. The van der Waals surface area contributed by atoms with Crippen LogP contribution in [0, 0.1) is 0 Å². The average Bonchev–Trinajstić information content (AvgIpc) is 2.25. The van der Waals surface area contributed by atoms with Crippen molar-refractivity contribution in [2.75, 3.05) is 19.0 Å². The van der Waals surface area contributed by atoms with Gasteiger partial charge in [0.05, 0.1) is 0 Å². The summed E-state index contributed by atoms with van der Waals surface area (Å²) in [5.41, 5.74) is 2.54. The molecule has 0 atom stereocenters. The first-order valence-electron chi connectivity index (χ1n) is 5.68. The fourth-order valence-electron chi connectivity index (χ4n) is 1.42. The van der Waals surface area contributed by atoms with Crippen molar-refractivity contribution in [3.63, 3.8) is 0 Å². The van der Waals surface area contributed by atoms with Crippen molar-refractivity contribution in [2.45, 2.75) is 26.2 Å². The van der Waals surface area contributed by atoms with Crippen LogP contribution >= 0.6 is 0 Å². The van der Waals surface area contributed by atoms with E-state index in [9.17, 15) is 0 Å². The van der Waals surface area contributed by atoms with E-state index in [2.05, 4.69) is 62.3 Å². The van der Waals surface area contributed by atoms with Crippen LogP contribution in [0.3, 0.4) is 0 Å². The summed E-state index contributed by atoms with van der Waals surface area (Å²) in [5, 5.41) is 0. The Morgan fingerprint density at radius 3 is 2.33 bits per heavy atom. The van der Waals surface area contributed by atoms with Gasteiger partial charge in [-0.05, 0) is 24.1 Å². The smallest absolute Gasteiger partial charge is 0.0361 e. The Morgan fingerprint density at radius 2 is 1.80 bits per heavy atom. The van der Waals surface area contributed by atoms with Gasteiger partial charge in [-0.25, -0.2) is 0 Å². The lowest BCUT2D eigenvalue weighted by Gasteiger charge is -2.11. The Labute approximate surface area is 93.4 Å². The SMILES string of the molecule is CCCC/C=C/c1ccc(N(C)C)cc1. The van der Waals surface area contributed by atoms with E-state index in [1.165, 1.54) is 30.5 Å². The molecule has 0 radical (unpaired) electrons. The first-order valence-corrected chi connectivity index (χ1v) is 5.68. The molecule has 0 bridgehead atoms. The first-order chi connectivity index (χ1) is 7.24. The van der Waals surface area contributed by atoms with Crippen LogP contribution in [0.1, 0.15) is 31.7 Å². The first kappa shape index (κ1) is 11.8. The van der Waals surface area contributed by atoms with E-state index in [0.29, 0.717) is 0 Å². The highest BCUT2D eigenvalue weighted by Crippen LogP contribution is 2.13. The van der Waals surface area contributed by atoms with Gasteiger partial charge in [0.25, 0.3) is 0 Å². The molecule has 1 heteroatoms. The van der Waals surface area contributed by atoms with Crippen molar-refractivity contribution >= 4 is 11.8 Å². The van der Waals surface area contributed by atoms with Crippen LogP contribution in [0.15, 0.2) is 30.3 Å². The third-order valence-corrected chi connectivity index (χ3v) is 2.44. The van der Waals surface area contributed by atoms with Gasteiger partial charge >= 0.3 is 0 Å². The van der Waals surface area contributed by atoms with Crippen LogP contribution in [0.25, 0.3) is 6.08 Å². The van der Waals surface area contributed by atoms with E-state index >= 15 is 0 Å². The van der Waals surface area contributed by atoms with Gasteiger partial charge in [-0.2, -0.15) is 0 Å². The monoisotopic (exact) mass is 203 g/mol. The van der Waals surface area contributed by atoms with Gasteiger partial charge in [0.15, 0.2) is 0 Å². The zero-order valence-electron chi connectivity index (χ0n) is 10.0. The van der Waals surface area contributed by atoms with Crippen LogP contribution in [0.4, 0.5) is 5.69 Å². The molecule has 0 aliphatic carbocycles. The largest absolute Gasteiger partial charge is 0.378 e. The minimum absolute atomic E-state index is 1.19. The fourth-order valence-corrected chi connectivity index (χ4v) is 1.42. The number of rotatable bonds is 5. The Kier molecular flexibility index (Phi) is 4.96. The molecule has 82 valence electrons. The van der Waals surface area contributed by atoms with Crippen molar-refractivity contribution in [1.82, 2.24) is 0 Å². The Balaban J connectivity index is 2.53. The zero-order chi connectivity index (χ0) is 11.1. The van der Waals surface area contributed by atoms with Gasteiger partial charge in [0, 0.05) is 19.8 Å². The summed E-state index contributed by atoms with van der Waals surface area (Å²) in [6, 6.07) is 8.63. The van der Waals surface area contributed by atoms with Crippen molar-refractivity contribution in [3.05, 3.63) is 35.9 Å². The summed E-state index contributed by atoms with van der Waals surface area (Å²) in [7, 11) is 4.12. The summed E-state index contributed by atoms with van der Waals surface area (Å²) < 4.78 is 0. The van der Waals surface area contributed by atoms with Gasteiger partial charge in [0.2, 0.25) is 0 Å². The lowest BCUT2D eigenvalue weighted by atomic mass is 10.1. The summed E-state index contributed by atoms with van der Waals surface area (Å²) in [5.74, 6) is 0. The molecule has 0 amide bonds. The molecule has 1 rings (SSSR count). The maximum absolute atomic E-state index is 2.26. The molecule has 1 nitrogen and oxygen atoms in total. The highest BCUT2D eigenvalue weighted by molar-refractivity contribution is 5.55. The van der Waals surface area contributed by atoms with Crippen molar-refractivity contribution in [3.8, 4) is 0 Å². The lowest BCUT2D eigenvalue weighted by molar-refractivity contribution is 0.816. The highest BCUT2D eigenvalue weighted by atomic mass is 15.1. The second-order valence-corrected chi connectivity index (χ2v) is 4.03. The summed E-state index contributed by atoms with van der Waals surface area (Å²) in [6.07, 6.45) is 8.20. The molecule has 0 fully saturated rings. The second-order valence-electron chi connectivity index (χ2n) is 4.03. The van der Waals surface area contributed by atoms with Gasteiger partial charge < -0.3 is 4.90 Å². The average molecular weight is 203 g/mol. The molecule has 0 N–H and O–H groups in total. The van der Waals surface area contributed by atoms with Crippen LogP contribution in [0.5, 0.6) is 0 Å². The van der Waals surface area contributed by atoms with Gasteiger partial charge in [-0.3, -0.25) is 0 Å². The van der Waals surface area contributed by atoms with E-state index in [0.717, 1.165) is 0 Å². The van der Waals surface area contributed by atoms with E-state index in [4.69, 9.17) is 0 Å². The van der Waals surface area contributed by atoms with Crippen LogP contribution in [-0.2, 0) is 0 Å². The number of benzene rings is 1. The highest BCUT2D eigenvalue weighted by Gasteiger charge is 1.92. The molecule has 1 aromatic rings. The van der Waals surface area contributed by atoms with Crippen LogP contribution < -0.4 is 4.90 Å². The van der Waals surface area contributed by atoms with E-state index in [-0.39, 0.29) is 0 Å². The Bertz CT molecular complexity index is 296. The maximum Gasteiger partial charge on any atom is 0.0361 e. The van der Waals surface area contributed by atoms with E-state index in [1.807, 2.05) is 0 Å². The van der Waals surface area contributed by atoms with Crippen LogP contribution in [0.2, 0.25) is 0 Å². The molecule has 0 aliphatic rings. The minimum atomic E-state index is 1.19. The van der Waals surface area contributed by atoms with Crippen LogP contribution in [-0.4, -0.2) is 14.1 Å². The number of unbranched alkanes of at least 4 members (excludes halogenated alkanes) is 2. The van der Waals surface area contributed by atoms with Gasteiger partial charge in [-0.15, -0.1) is 0 Å². The molecule has 15 heavy (non-hydrogen) atoms. The van der Waals surface area contributed by atoms with E-state index < -0.39 is 0 Å².